The molecule has 0 aromatic heterocycles. The van der Waals surface area contributed by atoms with E-state index in [2.05, 4.69) is 49.4 Å². The molecule has 0 amide bonds. The second kappa shape index (κ2) is 8.62. The molecule has 0 radical (unpaired) electrons. The van der Waals surface area contributed by atoms with Gasteiger partial charge in [-0.15, -0.1) is 0 Å². The number of phenols is 1. The van der Waals surface area contributed by atoms with Gasteiger partial charge in [0, 0.05) is 5.92 Å². The van der Waals surface area contributed by atoms with Crippen molar-refractivity contribution in [3.05, 3.63) is 94.5 Å². The summed E-state index contributed by atoms with van der Waals surface area (Å²) in [4.78, 5) is 12.4. The Labute approximate surface area is 177 Å². The highest BCUT2D eigenvalue weighted by Gasteiger charge is 2.31. The Kier molecular flexibility index (Phi) is 5.75. The SMILES string of the molecule is Cc1ccc(C2COC(=O)C(Cc3ccc(O)c(N)c3)C2)cc1Cc1ccccc1. The topological polar surface area (TPSA) is 72.5 Å². The number of carbonyl (C=O) groups is 1. The van der Waals surface area contributed by atoms with Crippen LogP contribution in [0.1, 0.15) is 40.2 Å². The highest BCUT2D eigenvalue weighted by atomic mass is 16.5. The maximum Gasteiger partial charge on any atom is 0.309 e. The molecule has 4 heteroatoms. The zero-order valence-electron chi connectivity index (χ0n) is 17.2. The molecule has 0 aliphatic carbocycles. The first-order chi connectivity index (χ1) is 14.5. The summed E-state index contributed by atoms with van der Waals surface area (Å²) in [6, 6.07) is 22.2. The van der Waals surface area contributed by atoms with Gasteiger partial charge in [-0.3, -0.25) is 4.79 Å². The largest absolute Gasteiger partial charge is 0.506 e. The summed E-state index contributed by atoms with van der Waals surface area (Å²) < 4.78 is 5.55. The standard InChI is InChI=1S/C26H27NO3/c1-17-7-9-20(14-21(17)11-18-5-3-2-4-6-18)23-15-22(26(29)30-16-23)12-19-8-10-25(28)24(27)13-19/h2-10,13-14,22-23,28H,11-12,15-16,27H2,1H3. The maximum absolute atomic E-state index is 12.4. The second-order valence-corrected chi connectivity index (χ2v) is 8.21. The summed E-state index contributed by atoms with van der Waals surface area (Å²) in [7, 11) is 0. The number of hydrogen-bond acceptors (Lipinski definition) is 4. The van der Waals surface area contributed by atoms with Crippen molar-refractivity contribution in [1.82, 2.24) is 0 Å². The smallest absolute Gasteiger partial charge is 0.309 e. The fourth-order valence-electron chi connectivity index (χ4n) is 4.17. The molecular formula is C26H27NO3. The highest BCUT2D eigenvalue weighted by Crippen LogP contribution is 2.33. The number of phenolic OH excluding ortho intramolecular Hbond substituents is 1. The van der Waals surface area contributed by atoms with E-state index >= 15 is 0 Å². The molecule has 1 aliphatic heterocycles. The van der Waals surface area contributed by atoms with Gasteiger partial charge in [0.1, 0.15) is 5.75 Å². The predicted octanol–water partition coefficient (Wildman–Crippen LogP) is 4.76. The minimum absolute atomic E-state index is 0.0634. The maximum atomic E-state index is 12.4. The molecule has 3 aromatic carbocycles. The number of benzene rings is 3. The number of hydrogen-bond donors (Lipinski definition) is 2. The molecule has 1 fully saturated rings. The number of esters is 1. The van der Waals surface area contributed by atoms with E-state index in [1.165, 1.54) is 22.3 Å². The van der Waals surface area contributed by atoms with E-state index in [4.69, 9.17) is 10.5 Å². The van der Waals surface area contributed by atoms with E-state index in [-0.39, 0.29) is 23.6 Å². The number of nitrogens with two attached hydrogens (primary N) is 1. The Morgan fingerprint density at radius 3 is 2.60 bits per heavy atom. The molecule has 1 saturated heterocycles. The van der Waals surface area contributed by atoms with Crippen LogP contribution < -0.4 is 5.73 Å². The Bertz CT molecular complexity index is 1050. The van der Waals surface area contributed by atoms with Crippen molar-refractivity contribution in [1.29, 1.82) is 0 Å². The summed E-state index contributed by atoms with van der Waals surface area (Å²) in [5.74, 6) is -0.133. The van der Waals surface area contributed by atoms with Crippen molar-refractivity contribution in [2.75, 3.05) is 12.3 Å². The van der Waals surface area contributed by atoms with Crippen molar-refractivity contribution < 1.29 is 14.6 Å². The summed E-state index contributed by atoms with van der Waals surface area (Å²) in [6.45, 7) is 2.56. The van der Waals surface area contributed by atoms with Crippen LogP contribution in [0.3, 0.4) is 0 Å². The number of aromatic hydroxyl groups is 1. The van der Waals surface area contributed by atoms with Crippen molar-refractivity contribution >= 4 is 11.7 Å². The molecule has 4 rings (SSSR count). The van der Waals surface area contributed by atoms with Crippen LogP contribution in [0.2, 0.25) is 0 Å². The molecule has 154 valence electrons. The molecular weight excluding hydrogens is 374 g/mol. The number of aryl methyl sites for hydroxylation is 1. The first-order valence-electron chi connectivity index (χ1n) is 10.4. The summed E-state index contributed by atoms with van der Waals surface area (Å²) >= 11 is 0. The van der Waals surface area contributed by atoms with E-state index < -0.39 is 0 Å². The van der Waals surface area contributed by atoms with E-state index in [0.717, 1.165) is 18.4 Å². The normalized spacial score (nSPS) is 18.8. The molecule has 3 aromatic rings. The van der Waals surface area contributed by atoms with Crippen molar-refractivity contribution in [3.8, 4) is 5.75 Å². The van der Waals surface area contributed by atoms with E-state index in [1.807, 2.05) is 12.1 Å². The zero-order chi connectivity index (χ0) is 21.1. The zero-order valence-corrected chi connectivity index (χ0v) is 17.2. The Morgan fingerprint density at radius 2 is 1.83 bits per heavy atom. The van der Waals surface area contributed by atoms with Crippen molar-refractivity contribution in [2.45, 2.75) is 32.1 Å². The third kappa shape index (κ3) is 4.48. The first kappa shape index (κ1) is 20.0. The molecule has 2 atom stereocenters. The van der Waals surface area contributed by atoms with Gasteiger partial charge < -0.3 is 15.6 Å². The van der Waals surface area contributed by atoms with Gasteiger partial charge >= 0.3 is 5.97 Å². The van der Waals surface area contributed by atoms with Gasteiger partial charge in [-0.25, -0.2) is 0 Å². The van der Waals surface area contributed by atoms with Crippen LogP contribution in [0.15, 0.2) is 66.7 Å². The Balaban J connectivity index is 1.51. The van der Waals surface area contributed by atoms with E-state index in [0.29, 0.717) is 18.7 Å². The fourth-order valence-corrected chi connectivity index (χ4v) is 4.17. The van der Waals surface area contributed by atoms with Crippen molar-refractivity contribution in [3.63, 3.8) is 0 Å². The molecule has 0 bridgehead atoms. The monoisotopic (exact) mass is 401 g/mol. The quantitative estimate of drug-likeness (QED) is 0.367. The number of carbonyl (C=O) groups excluding carboxylic acids is 1. The van der Waals surface area contributed by atoms with Gasteiger partial charge in [0.25, 0.3) is 0 Å². The lowest BCUT2D eigenvalue weighted by Gasteiger charge is -2.29. The second-order valence-electron chi connectivity index (χ2n) is 8.21. The number of nitrogen functional groups attached to an aromatic ring is 1. The first-order valence-corrected chi connectivity index (χ1v) is 10.4. The highest BCUT2D eigenvalue weighted by molar-refractivity contribution is 5.74. The Hall–Kier alpha value is -3.27. The average Bonchev–Trinajstić information content (AvgIpc) is 2.75. The fraction of sp³-hybridized carbons (Fsp3) is 0.269. The van der Waals surface area contributed by atoms with Crippen LogP contribution in [0.25, 0.3) is 0 Å². The average molecular weight is 402 g/mol. The van der Waals surface area contributed by atoms with Crippen LogP contribution in [-0.4, -0.2) is 17.7 Å². The number of ether oxygens (including phenoxy) is 1. The lowest BCUT2D eigenvalue weighted by Crippen LogP contribution is -2.31. The third-order valence-electron chi connectivity index (χ3n) is 5.99. The van der Waals surface area contributed by atoms with E-state index in [1.54, 1.807) is 12.1 Å². The molecule has 0 saturated carbocycles. The van der Waals surface area contributed by atoms with Gasteiger partial charge in [0.2, 0.25) is 0 Å². The number of rotatable bonds is 5. The van der Waals surface area contributed by atoms with Gasteiger partial charge in [-0.2, -0.15) is 0 Å². The van der Waals surface area contributed by atoms with Crippen LogP contribution >= 0.6 is 0 Å². The van der Waals surface area contributed by atoms with Crippen LogP contribution in [0.4, 0.5) is 5.69 Å². The molecule has 3 N–H and O–H groups in total. The van der Waals surface area contributed by atoms with Gasteiger partial charge in [0.05, 0.1) is 18.2 Å². The third-order valence-corrected chi connectivity index (χ3v) is 5.99. The lowest BCUT2D eigenvalue weighted by molar-refractivity contribution is -0.154. The molecule has 0 spiro atoms. The van der Waals surface area contributed by atoms with Gasteiger partial charge in [-0.1, -0.05) is 54.6 Å². The molecule has 1 heterocycles. The Morgan fingerprint density at radius 1 is 1.03 bits per heavy atom. The minimum Gasteiger partial charge on any atom is -0.506 e. The van der Waals surface area contributed by atoms with Gasteiger partial charge in [-0.05, 0) is 66.1 Å². The molecule has 30 heavy (non-hydrogen) atoms. The lowest BCUT2D eigenvalue weighted by atomic mass is 9.83. The molecule has 1 aliphatic rings. The summed E-state index contributed by atoms with van der Waals surface area (Å²) in [5.41, 5.74) is 12.1. The van der Waals surface area contributed by atoms with Crippen LogP contribution in [-0.2, 0) is 22.4 Å². The van der Waals surface area contributed by atoms with Crippen LogP contribution in [0, 0.1) is 12.8 Å². The van der Waals surface area contributed by atoms with Gasteiger partial charge in [0.15, 0.2) is 0 Å². The number of cyclic esters (lactones) is 1. The number of anilines is 1. The molecule has 4 nitrogen and oxygen atoms in total. The summed E-state index contributed by atoms with van der Waals surface area (Å²) in [5, 5.41) is 9.63. The predicted molar refractivity (Wildman–Crippen MR) is 118 cm³/mol. The summed E-state index contributed by atoms with van der Waals surface area (Å²) in [6.07, 6.45) is 2.19. The van der Waals surface area contributed by atoms with Crippen LogP contribution in [0.5, 0.6) is 5.75 Å². The minimum atomic E-state index is -0.216. The van der Waals surface area contributed by atoms with Crippen molar-refractivity contribution in [2.24, 2.45) is 5.92 Å². The van der Waals surface area contributed by atoms with E-state index in [9.17, 15) is 9.90 Å². The molecule has 2 unspecified atom stereocenters.